The SMILES string of the molecule is CNC(=O)c1ccc([N+](=O)[O-])c(NC(C)c2nn[nH]n2)c1. The van der Waals surface area contributed by atoms with Crippen LogP contribution in [0.5, 0.6) is 0 Å². The van der Waals surface area contributed by atoms with Crippen LogP contribution in [0.3, 0.4) is 0 Å². The van der Waals surface area contributed by atoms with Crippen LogP contribution in [-0.4, -0.2) is 38.5 Å². The second-order valence-corrected chi connectivity index (χ2v) is 4.20. The van der Waals surface area contributed by atoms with E-state index < -0.39 is 11.0 Å². The largest absolute Gasteiger partial charge is 0.370 e. The maximum Gasteiger partial charge on any atom is 0.292 e. The number of amides is 1. The smallest absolute Gasteiger partial charge is 0.292 e. The maximum atomic E-state index is 11.6. The molecular weight excluding hydrogens is 278 g/mol. The zero-order valence-corrected chi connectivity index (χ0v) is 11.3. The summed E-state index contributed by atoms with van der Waals surface area (Å²) in [7, 11) is 1.48. The fraction of sp³-hybridized carbons (Fsp3) is 0.273. The lowest BCUT2D eigenvalue weighted by molar-refractivity contribution is -0.384. The number of hydrogen-bond donors (Lipinski definition) is 3. The van der Waals surface area contributed by atoms with Gasteiger partial charge in [0.2, 0.25) is 0 Å². The van der Waals surface area contributed by atoms with E-state index >= 15 is 0 Å². The highest BCUT2D eigenvalue weighted by Gasteiger charge is 2.19. The van der Waals surface area contributed by atoms with E-state index in [1.807, 2.05) is 0 Å². The summed E-state index contributed by atoms with van der Waals surface area (Å²) >= 11 is 0. The van der Waals surface area contributed by atoms with E-state index in [4.69, 9.17) is 0 Å². The molecule has 110 valence electrons. The summed E-state index contributed by atoms with van der Waals surface area (Å²) in [5, 5.41) is 29.8. The second kappa shape index (κ2) is 5.94. The number of anilines is 1. The lowest BCUT2D eigenvalue weighted by Crippen LogP contribution is -2.18. The van der Waals surface area contributed by atoms with E-state index in [-0.39, 0.29) is 17.3 Å². The highest BCUT2D eigenvalue weighted by molar-refractivity contribution is 5.95. The summed E-state index contributed by atoms with van der Waals surface area (Å²) in [6.07, 6.45) is 0. The Kier molecular flexibility index (Phi) is 4.07. The quantitative estimate of drug-likeness (QED) is 0.542. The van der Waals surface area contributed by atoms with Gasteiger partial charge in [0, 0.05) is 18.7 Å². The number of nitro groups is 1. The molecular formula is C11H13N7O3. The Balaban J connectivity index is 2.34. The number of nitrogens with zero attached hydrogens (tertiary/aromatic N) is 4. The van der Waals surface area contributed by atoms with Crippen LogP contribution in [0.15, 0.2) is 18.2 Å². The van der Waals surface area contributed by atoms with Gasteiger partial charge in [0.05, 0.1) is 11.0 Å². The molecule has 2 rings (SSSR count). The van der Waals surface area contributed by atoms with Crippen LogP contribution in [-0.2, 0) is 0 Å². The molecule has 0 saturated carbocycles. The van der Waals surface area contributed by atoms with Gasteiger partial charge in [-0.15, -0.1) is 10.2 Å². The number of rotatable bonds is 5. The van der Waals surface area contributed by atoms with E-state index in [0.29, 0.717) is 11.4 Å². The number of hydrogen-bond acceptors (Lipinski definition) is 7. The van der Waals surface area contributed by atoms with Crippen molar-refractivity contribution in [1.29, 1.82) is 0 Å². The van der Waals surface area contributed by atoms with Crippen LogP contribution < -0.4 is 10.6 Å². The van der Waals surface area contributed by atoms with Gasteiger partial charge in [0.1, 0.15) is 5.69 Å². The van der Waals surface area contributed by atoms with Crippen molar-refractivity contribution in [2.75, 3.05) is 12.4 Å². The molecule has 0 radical (unpaired) electrons. The third-order valence-corrected chi connectivity index (χ3v) is 2.80. The molecule has 2 aromatic rings. The topological polar surface area (TPSA) is 139 Å². The zero-order chi connectivity index (χ0) is 15.4. The zero-order valence-electron chi connectivity index (χ0n) is 11.3. The molecule has 1 aromatic heterocycles. The van der Waals surface area contributed by atoms with Gasteiger partial charge >= 0.3 is 0 Å². The van der Waals surface area contributed by atoms with Gasteiger partial charge in [-0.1, -0.05) is 5.21 Å². The first-order chi connectivity index (χ1) is 10.0. The fourth-order valence-corrected chi connectivity index (χ4v) is 1.75. The molecule has 1 aromatic carbocycles. The first-order valence-corrected chi connectivity index (χ1v) is 6.03. The lowest BCUT2D eigenvalue weighted by atomic mass is 10.1. The summed E-state index contributed by atoms with van der Waals surface area (Å²) in [6.45, 7) is 1.72. The van der Waals surface area contributed by atoms with E-state index in [9.17, 15) is 14.9 Å². The van der Waals surface area contributed by atoms with Crippen LogP contribution >= 0.6 is 0 Å². The summed E-state index contributed by atoms with van der Waals surface area (Å²) in [5.41, 5.74) is 0.377. The van der Waals surface area contributed by atoms with Crippen LogP contribution in [0.2, 0.25) is 0 Å². The van der Waals surface area contributed by atoms with Crippen LogP contribution in [0.25, 0.3) is 0 Å². The van der Waals surface area contributed by atoms with Crippen LogP contribution in [0.4, 0.5) is 11.4 Å². The standard InChI is InChI=1S/C11H13N7O3/c1-6(10-14-16-17-15-10)13-8-5-7(11(19)12-2)3-4-9(8)18(20)21/h3-6,13H,1-2H3,(H,12,19)(H,14,15,16,17). The highest BCUT2D eigenvalue weighted by atomic mass is 16.6. The van der Waals surface area contributed by atoms with Gasteiger partial charge in [-0.3, -0.25) is 14.9 Å². The van der Waals surface area contributed by atoms with Gasteiger partial charge in [0.15, 0.2) is 5.82 Å². The van der Waals surface area contributed by atoms with Crippen molar-refractivity contribution in [3.63, 3.8) is 0 Å². The first-order valence-electron chi connectivity index (χ1n) is 6.03. The van der Waals surface area contributed by atoms with Crippen LogP contribution in [0.1, 0.15) is 29.1 Å². The Morgan fingerprint density at radius 3 is 2.81 bits per heavy atom. The second-order valence-electron chi connectivity index (χ2n) is 4.20. The van der Waals surface area contributed by atoms with E-state index in [0.717, 1.165) is 0 Å². The van der Waals surface area contributed by atoms with Gasteiger partial charge in [-0.25, -0.2) is 0 Å². The number of carbonyl (C=O) groups is 1. The minimum absolute atomic E-state index is 0.141. The number of tetrazole rings is 1. The molecule has 1 unspecified atom stereocenters. The first kappa shape index (κ1) is 14.4. The normalized spacial score (nSPS) is 11.7. The molecule has 1 amide bonds. The number of aromatic nitrogens is 4. The number of benzene rings is 1. The molecule has 0 saturated heterocycles. The minimum Gasteiger partial charge on any atom is -0.370 e. The number of carbonyl (C=O) groups excluding carboxylic acids is 1. The molecule has 0 aliphatic rings. The lowest BCUT2D eigenvalue weighted by Gasteiger charge is -2.12. The molecule has 0 fully saturated rings. The molecule has 10 heteroatoms. The van der Waals surface area contributed by atoms with Crippen molar-refractivity contribution in [2.45, 2.75) is 13.0 Å². The third-order valence-electron chi connectivity index (χ3n) is 2.80. The summed E-state index contributed by atoms with van der Waals surface area (Å²) in [5.74, 6) is 0.0230. The summed E-state index contributed by atoms with van der Waals surface area (Å²) in [6, 6.07) is 3.66. The molecule has 0 spiro atoms. The molecule has 0 aliphatic heterocycles. The highest BCUT2D eigenvalue weighted by Crippen LogP contribution is 2.28. The third kappa shape index (κ3) is 3.11. The summed E-state index contributed by atoms with van der Waals surface area (Å²) < 4.78 is 0. The van der Waals surface area contributed by atoms with E-state index in [1.54, 1.807) is 6.92 Å². The number of aromatic amines is 1. The van der Waals surface area contributed by atoms with Crippen molar-refractivity contribution in [1.82, 2.24) is 25.9 Å². The van der Waals surface area contributed by atoms with E-state index in [2.05, 4.69) is 31.3 Å². The maximum absolute atomic E-state index is 11.6. The average molecular weight is 291 g/mol. The molecule has 0 aliphatic carbocycles. The molecule has 10 nitrogen and oxygen atoms in total. The van der Waals surface area contributed by atoms with Gasteiger partial charge in [-0.05, 0) is 19.1 Å². The Morgan fingerprint density at radius 2 is 2.24 bits per heavy atom. The average Bonchev–Trinajstić information content (AvgIpc) is 3.00. The van der Waals surface area contributed by atoms with Crippen molar-refractivity contribution in [3.8, 4) is 0 Å². The molecule has 1 heterocycles. The Labute approximate surface area is 119 Å². The Bertz CT molecular complexity index is 656. The Hall–Kier alpha value is -3.04. The Morgan fingerprint density at radius 1 is 1.48 bits per heavy atom. The van der Waals surface area contributed by atoms with Gasteiger partial charge < -0.3 is 10.6 Å². The molecule has 3 N–H and O–H groups in total. The molecule has 21 heavy (non-hydrogen) atoms. The predicted molar refractivity (Wildman–Crippen MR) is 72.7 cm³/mol. The molecule has 1 atom stereocenters. The monoisotopic (exact) mass is 291 g/mol. The van der Waals surface area contributed by atoms with Gasteiger partial charge in [-0.2, -0.15) is 5.21 Å². The minimum atomic E-state index is -0.529. The number of nitro benzene ring substituents is 1. The number of nitrogens with one attached hydrogen (secondary N) is 3. The van der Waals surface area contributed by atoms with Crippen molar-refractivity contribution in [2.24, 2.45) is 0 Å². The van der Waals surface area contributed by atoms with Crippen molar-refractivity contribution >= 4 is 17.3 Å². The molecule has 0 bridgehead atoms. The number of H-pyrrole nitrogens is 1. The van der Waals surface area contributed by atoms with Crippen molar-refractivity contribution < 1.29 is 9.72 Å². The van der Waals surface area contributed by atoms with Gasteiger partial charge in [0.25, 0.3) is 11.6 Å². The van der Waals surface area contributed by atoms with Crippen molar-refractivity contribution in [3.05, 3.63) is 39.7 Å². The van der Waals surface area contributed by atoms with Crippen LogP contribution in [0, 0.1) is 10.1 Å². The summed E-state index contributed by atoms with van der Waals surface area (Å²) in [4.78, 5) is 22.1. The van der Waals surface area contributed by atoms with E-state index in [1.165, 1.54) is 25.2 Å². The predicted octanol–water partition coefficient (Wildman–Crippen LogP) is 0.641. The fourth-order valence-electron chi connectivity index (χ4n) is 1.75.